The Morgan fingerprint density at radius 2 is 1.86 bits per heavy atom. The first-order valence-corrected chi connectivity index (χ1v) is 12.7. The third kappa shape index (κ3) is 6.31. The van der Waals surface area contributed by atoms with Crippen molar-refractivity contribution < 1.29 is 18.7 Å². The van der Waals surface area contributed by atoms with Gasteiger partial charge in [-0.15, -0.1) is 11.3 Å². The fourth-order valence-electron chi connectivity index (χ4n) is 3.88. The number of amides is 3. The van der Waals surface area contributed by atoms with Gasteiger partial charge in [-0.1, -0.05) is 35.9 Å². The number of benzene rings is 2. The minimum atomic E-state index is -0.519. The first-order chi connectivity index (χ1) is 17.5. The molecule has 0 radical (unpaired) electrons. The van der Waals surface area contributed by atoms with Crippen molar-refractivity contribution in [3.05, 3.63) is 75.5 Å². The zero-order valence-corrected chi connectivity index (χ0v) is 21.4. The van der Waals surface area contributed by atoms with Crippen LogP contribution >= 0.6 is 22.9 Å². The maximum Gasteiger partial charge on any atom is 0.322 e. The van der Waals surface area contributed by atoms with Crippen LogP contribution in [0.15, 0.2) is 53.9 Å². The lowest BCUT2D eigenvalue weighted by atomic mass is 10.2. The number of aromatic nitrogens is 1. The van der Waals surface area contributed by atoms with Gasteiger partial charge in [-0.2, -0.15) is 0 Å². The summed E-state index contributed by atoms with van der Waals surface area (Å²) >= 11 is 7.62. The Morgan fingerprint density at radius 1 is 1.14 bits per heavy atom. The molecule has 0 spiro atoms. The molecule has 0 unspecified atom stereocenters. The van der Waals surface area contributed by atoms with E-state index >= 15 is 0 Å². The van der Waals surface area contributed by atoms with E-state index in [-0.39, 0.29) is 24.7 Å². The summed E-state index contributed by atoms with van der Waals surface area (Å²) in [5.41, 5.74) is 1.41. The third-order valence-corrected chi connectivity index (χ3v) is 6.98. The van der Waals surface area contributed by atoms with Crippen molar-refractivity contribution in [1.29, 1.82) is 0 Å². The summed E-state index contributed by atoms with van der Waals surface area (Å²) in [5, 5.41) is 5.59. The number of carbonyl (C=O) groups is 2. The van der Waals surface area contributed by atoms with E-state index in [9.17, 15) is 14.0 Å². The zero-order chi connectivity index (χ0) is 25.5. The van der Waals surface area contributed by atoms with Crippen LogP contribution in [0.4, 0.5) is 20.6 Å². The second-order valence-electron chi connectivity index (χ2n) is 8.18. The number of rotatable bonds is 8. The number of urea groups is 1. The van der Waals surface area contributed by atoms with Gasteiger partial charge in [-0.25, -0.2) is 14.2 Å². The van der Waals surface area contributed by atoms with Gasteiger partial charge in [-0.3, -0.25) is 4.79 Å². The second-order valence-corrected chi connectivity index (χ2v) is 9.53. The number of hydrogen-bond acceptors (Lipinski definition) is 6. The van der Waals surface area contributed by atoms with Gasteiger partial charge in [0.2, 0.25) is 0 Å². The topological polar surface area (TPSA) is 78.0 Å². The number of piperazine rings is 1. The molecular weight excluding hydrogens is 505 g/mol. The molecule has 4 rings (SSSR count). The minimum absolute atomic E-state index is 0.0934. The van der Waals surface area contributed by atoms with Gasteiger partial charge in [0.05, 0.1) is 29.5 Å². The number of nitrogens with zero attached hydrogens (tertiary/aromatic N) is 4. The van der Waals surface area contributed by atoms with Crippen LogP contribution in [-0.4, -0.2) is 73.2 Å². The van der Waals surface area contributed by atoms with Crippen molar-refractivity contribution in [1.82, 2.24) is 14.8 Å². The number of thiazole rings is 1. The number of hydrogen-bond donors (Lipinski definition) is 1. The van der Waals surface area contributed by atoms with Gasteiger partial charge < -0.3 is 24.8 Å². The number of nitrogens with one attached hydrogen (secondary N) is 1. The van der Waals surface area contributed by atoms with Gasteiger partial charge in [0.25, 0.3) is 5.91 Å². The molecule has 0 atom stereocenters. The summed E-state index contributed by atoms with van der Waals surface area (Å²) in [5.74, 6) is -0.662. The first-order valence-electron chi connectivity index (χ1n) is 11.5. The van der Waals surface area contributed by atoms with E-state index in [1.165, 1.54) is 28.4 Å². The number of ether oxygens (including phenoxy) is 1. The summed E-state index contributed by atoms with van der Waals surface area (Å²) in [6.07, 6.45) is 0. The van der Waals surface area contributed by atoms with Crippen molar-refractivity contribution in [2.75, 3.05) is 56.7 Å². The van der Waals surface area contributed by atoms with Gasteiger partial charge in [0.1, 0.15) is 16.5 Å². The molecule has 2 aromatic carbocycles. The predicted molar refractivity (Wildman–Crippen MR) is 139 cm³/mol. The smallest absolute Gasteiger partial charge is 0.322 e. The highest BCUT2D eigenvalue weighted by Gasteiger charge is 2.25. The summed E-state index contributed by atoms with van der Waals surface area (Å²) in [6.45, 7) is 3.22. The lowest BCUT2D eigenvalue weighted by Crippen LogP contribution is -2.49. The largest absolute Gasteiger partial charge is 0.383 e. The molecule has 1 N–H and O–H groups in total. The van der Waals surface area contributed by atoms with Gasteiger partial charge in [0.15, 0.2) is 0 Å². The quantitative estimate of drug-likeness (QED) is 0.460. The average Bonchev–Trinajstić information content (AvgIpc) is 3.36. The van der Waals surface area contributed by atoms with Crippen LogP contribution in [0.2, 0.25) is 5.02 Å². The highest BCUT2D eigenvalue weighted by molar-refractivity contribution is 7.09. The number of halogens is 2. The molecule has 1 aliphatic rings. The monoisotopic (exact) mass is 531 g/mol. The standard InChI is InChI=1S/C25H27ClFN5O3S/c1-35-15-14-32(25(34)29-20-8-4-3-7-19(20)27)16-23-28-21(17-36-23)24(33)31-12-10-30(11-13-31)22-9-5-2-6-18(22)26/h2-9,17H,10-16H2,1H3,(H,29,34). The molecule has 1 fully saturated rings. The Kier molecular flexibility index (Phi) is 8.74. The van der Waals surface area contributed by atoms with Crippen LogP contribution in [0.5, 0.6) is 0 Å². The van der Waals surface area contributed by atoms with Crippen LogP contribution in [0.25, 0.3) is 0 Å². The highest BCUT2D eigenvalue weighted by Crippen LogP contribution is 2.26. The normalized spacial score (nSPS) is 13.5. The molecule has 0 bridgehead atoms. The second kappa shape index (κ2) is 12.2. The lowest BCUT2D eigenvalue weighted by Gasteiger charge is -2.36. The van der Waals surface area contributed by atoms with Crippen LogP contribution in [-0.2, 0) is 11.3 Å². The Labute approximate surface area is 218 Å². The molecule has 1 aliphatic heterocycles. The SMILES string of the molecule is COCCN(Cc1nc(C(=O)N2CCN(c3ccccc3Cl)CC2)cs1)C(=O)Nc1ccccc1F. The third-order valence-electron chi connectivity index (χ3n) is 5.83. The molecule has 36 heavy (non-hydrogen) atoms. The van der Waals surface area contributed by atoms with E-state index in [4.69, 9.17) is 16.3 Å². The molecule has 2 heterocycles. The Hall–Kier alpha value is -3.21. The average molecular weight is 532 g/mol. The first kappa shape index (κ1) is 25.9. The molecular formula is C25H27ClFN5O3S. The zero-order valence-electron chi connectivity index (χ0n) is 19.8. The van der Waals surface area contributed by atoms with E-state index in [2.05, 4.69) is 15.2 Å². The fourth-order valence-corrected chi connectivity index (χ4v) is 4.91. The Bertz CT molecular complexity index is 1200. The summed E-state index contributed by atoms with van der Waals surface area (Å²) in [6, 6.07) is 13.2. The molecule has 3 amide bonds. The van der Waals surface area contributed by atoms with E-state index < -0.39 is 11.8 Å². The molecule has 1 saturated heterocycles. The fraction of sp³-hybridized carbons (Fsp3) is 0.320. The number of anilines is 2. The van der Waals surface area contributed by atoms with Crippen LogP contribution in [0.1, 0.15) is 15.5 Å². The maximum absolute atomic E-state index is 14.0. The van der Waals surface area contributed by atoms with Crippen molar-refractivity contribution in [3.63, 3.8) is 0 Å². The van der Waals surface area contributed by atoms with Crippen molar-refractivity contribution in [3.8, 4) is 0 Å². The Balaban J connectivity index is 1.37. The molecule has 190 valence electrons. The van der Waals surface area contributed by atoms with Crippen molar-refractivity contribution in [2.45, 2.75) is 6.54 Å². The molecule has 8 nitrogen and oxygen atoms in total. The van der Waals surface area contributed by atoms with Crippen molar-refractivity contribution in [2.24, 2.45) is 0 Å². The number of methoxy groups -OCH3 is 1. The molecule has 0 aliphatic carbocycles. The number of carbonyl (C=O) groups excluding carboxylic acids is 2. The Morgan fingerprint density at radius 3 is 2.58 bits per heavy atom. The van der Waals surface area contributed by atoms with Crippen LogP contribution in [0.3, 0.4) is 0 Å². The summed E-state index contributed by atoms with van der Waals surface area (Å²) in [4.78, 5) is 35.8. The van der Waals surface area contributed by atoms with Gasteiger partial charge in [0, 0.05) is 45.2 Å². The summed E-state index contributed by atoms with van der Waals surface area (Å²) < 4.78 is 19.1. The van der Waals surface area contributed by atoms with E-state index in [0.29, 0.717) is 48.5 Å². The van der Waals surface area contributed by atoms with Gasteiger partial charge >= 0.3 is 6.03 Å². The van der Waals surface area contributed by atoms with Gasteiger partial charge in [-0.05, 0) is 24.3 Å². The molecule has 11 heteroatoms. The highest BCUT2D eigenvalue weighted by atomic mass is 35.5. The maximum atomic E-state index is 14.0. The van der Waals surface area contributed by atoms with Crippen LogP contribution in [0, 0.1) is 5.82 Å². The van der Waals surface area contributed by atoms with E-state index in [1.54, 1.807) is 29.5 Å². The van der Waals surface area contributed by atoms with Crippen molar-refractivity contribution >= 4 is 46.3 Å². The molecule has 0 saturated carbocycles. The van der Waals surface area contributed by atoms with E-state index in [1.807, 2.05) is 24.3 Å². The molecule has 3 aromatic rings. The lowest BCUT2D eigenvalue weighted by molar-refractivity contribution is 0.0741. The summed E-state index contributed by atoms with van der Waals surface area (Å²) in [7, 11) is 1.54. The van der Waals surface area contributed by atoms with E-state index in [0.717, 1.165) is 5.69 Å². The molecule has 1 aromatic heterocycles. The predicted octanol–water partition coefficient (Wildman–Crippen LogP) is 4.58. The van der Waals surface area contributed by atoms with Crippen LogP contribution < -0.4 is 10.2 Å². The minimum Gasteiger partial charge on any atom is -0.383 e. The number of para-hydroxylation sites is 2.